The first-order chi connectivity index (χ1) is 3.18. The average Bonchev–Trinajstić information content (AvgIpc) is 1.65. The second-order valence-corrected chi connectivity index (χ2v) is 1.53. The molecule has 1 heteroatoms. The van der Waals surface area contributed by atoms with Gasteiger partial charge in [-0.1, -0.05) is 13.2 Å². The molecule has 0 bridgehead atoms. The molecule has 0 aromatic carbocycles. The van der Waals surface area contributed by atoms with Crippen LogP contribution in [0.4, 0.5) is 0 Å². The SMILES string of the molecule is C=CN(C)C(=C)C. The zero-order valence-corrected chi connectivity index (χ0v) is 4.94. The largest absolute Gasteiger partial charge is 0.356 e. The van der Waals surface area contributed by atoms with Crippen molar-refractivity contribution in [2.75, 3.05) is 7.05 Å². The van der Waals surface area contributed by atoms with Crippen LogP contribution in [0.15, 0.2) is 25.1 Å². The molecule has 0 saturated carbocycles. The molecular formula is C6H11N. The van der Waals surface area contributed by atoms with Gasteiger partial charge < -0.3 is 4.90 Å². The van der Waals surface area contributed by atoms with E-state index in [0.29, 0.717) is 0 Å². The van der Waals surface area contributed by atoms with Crippen LogP contribution in [0.2, 0.25) is 0 Å². The number of allylic oxidation sites excluding steroid dienone is 1. The van der Waals surface area contributed by atoms with Gasteiger partial charge in [0.25, 0.3) is 0 Å². The van der Waals surface area contributed by atoms with Gasteiger partial charge in [0.15, 0.2) is 0 Å². The highest BCUT2D eigenvalue weighted by Gasteiger charge is 1.83. The number of hydrogen-bond acceptors (Lipinski definition) is 1. The van der Waals surface area contributed by atoms with Gasteiger partial charge in [0, 0.05) is 12.7 Å². The minimum atomic E-state index is 1.01. The molecule has 0 aromatic rings. The van der Waals surface area contributed by atoms with Crippen molar-refractivity contribution in [2.45, 2.75) is 6.92 Å². The summed E-state index contributed by atoms with van der Waals surface area (Å²) in [6.45, 7) is 9.16. The van der Waals surface area contributed by atoms with E-state index in [1.54, 1.807) is 6.20 Å². The predicted octanol–water partition coefficient (Wildman–Crippen LogP) is 1.60. The van der Waals surface area contributed by atoms with Gasteiger partial charge in [0.05, 0.1) is 0 Å². The molecule has 40 valence electrons. The van der Waals surface area contributed by atoms with E-state index >= 15 is 0 Å². The van der Waals surface area contributed by atoms with Gasteiger partial charge in [-0.25, -0.2) is 0 Å². The quantitative estimate of drug-likeness (QED) is 0.506. The Labute approximate surface area is 44.9 Å². The fourth-order valence-electron chi connectivity index (χ4n) is 0.156. The standard InChI is InChI=1S/C6H11N/c1-5-7(4)6(2)3/h5H,1-2H2,3-4H3. The molecule has 1 nitrogen and oxygen atoms in total. The lowest BCUT2D eigenvalue weighted by atomic mass is 10.5. The van der Waals surface area contributed by atoms with Crippen LogP contribution in [0.1, 0.15) is 6.92 Å². The molecule has 7 heavy (non-hydrogen) atoms. The van der Waals surface area contributed by atoms with Gasteiger partial charge in [0.1, 0.15) is 0 Å². The molecule has 0 rings (SSSR count). The second-order valence-electron chi connectivity index (χ2n) is 1.53. The van der Waals surface area contributed by atoms with E-state index in [4.69, 9.17) is 0 Å². The van der Waals surface area contributed by atoms with E-state index in [2.05, 4.69) is 13.2 Å². The molecule has 0 aliphatic rings. The Morgan fingerprint density at radius 3 is 2.14 bits per heavy atom. The number of nitrogens with zero attached hydrogens (tertiary/aromatic N) is 1. The van der Waals surface area contributed by atoms with Gasteiger partial charge in [-0.3, -0.25) is 0 Å². The molecule has 0 atom stereocenters. The molecule has 0 aliphatic carbocycles. The fourth-order valence-corrected chi connectivity index (χ4v) is 0.156. The summed E-state index contributed by atoms with van der Waals surface area (Å²) in [6, 6.07) is 0. The Kier molecular flexibility index (Phi) is 2.20. The Balaban J connectivity index is 3.55. The first kappa shape index (κ1) is 6.28. The lowest BCUT2D eigenvalue weighted by Gasteiger charge is -2.10. The smallest absolute Gasteiger partial charge is 0.0108 e. The van der Waals surface area contributed by atoms with Crippen LogP contribution in [-0.2, 0) is 0 Å². The van der Waals surface area contributed by atoms with Crippen molar-refractivity contribution < 1.29 is 0 Å². The van der Waals surface area contributed by atoms with Crippen molar-refractivity contribution in [2.24, 2.45) is 0 Å². The lowest BCUT2D eigenvalue weighted by molar-refractivity contribution is 0.575. The van der Waals surface area contributed by atoms with E-state index in [-0.39, 0.29) is 0 Å². The Morgan fingerprint density at radius 2 is 2.14 bits per heavy atom. The molecule has 0 radical (unpaired) electrons. The molecule has 0 saturated heterocycles. The Hall–Kier alpha value is -0.720. The highest BCUT2D eigenvalue weighted by Crippen LogP contribution is 1.92. The maximum atomic E-state index is 3.68. The van der Waals surface area contributed by atoms with E-state index in [1.807, 2.05) is 18.9 Å². The maximum Gasteiger partial charge on any atom is 0.0108 e. The predicted molar refractivity (Wildman–Crippen MR) is 32.8 cm³/mol. The average molecular weight is 97.2 g/mol. The first-order valence-electron chi connectivity index (χ1n) is 2.19. The van der Waals surface area contributed by atoms with E-state index in [1.165, 1.54) is 0 Å². The Morgan fingerprint density at radius 1 is 1.71 bits per heavy atom. The van der Waals surface area contributed by atoms with Crippen LogP contribution in [0, 0.1) is 0 Å². The van der Waals surface area contributed by atoms with Crippen molar-refractivity contribution >= 4 is 0 Å². The Bertz CT molecular complexity index is 84.2. The molecular weight excluding hydrogens is 86.1 g/mol. The fraction of sp³-hybridized carbons (Fsp3) is 0.333. The zero-order chi connectivity index (χ0) is 5.86. The van der Waals surface area contributed by atoms with E-state index in [9.17, 15) is 0 Å². The van der Waals surface area contributed by atoms with Crippen molar-refractivity contribution in [3.63, 3.8) is 0 Å². The van der Waals surface area contributed by atoms with Crippen LogP contribution in [-0.4, -0.2) is 11.9 Å². The molecule has 0 unspecified atom stereocenters. The summed E-state index contributed by atoms with van der Waals surface area (Å²) < 4.78 is 0. The van der Waals surface area contributed by atoms with Crippen LogP contribution in [0.25, 0.3) is 0 Å². The summed E-state index contributed by atoms with van der Waals surface area (Å²) in [5.74, 6) is 0. The summed E-state index contributed by atoms with van der Waals surface area (Å²) >= 11 is 0. The normalized spacial score (nSPS) is 7.71. The van der Waals surface area contributed by atoms with Crippen molar-refractivity contribution in [1.29, 1.82) is 0 Å². The van der Waals surface area contributed by atoms with E-state index in [0.717, 1.165) is 5.70 Å². The summed E-state index contributed by atoms with van der Waals surface area (Å²) in [4.78, 5) is 1.86. The number of hydrogen-bond donors (Lipinski definition) is 0. The summed E-state index contributed by atoms with van der Waals surface area (Å²) in [7, 11) is 1.91. The minimum absolute atomic E-state index is 1.01. The molecule has 0 amide bonds. The maximum absolute atomic E-state index is 3.68. The molecule has 0 spiro atoms. The third kappa shape index (κ3) is 2.04. The van der Waals surface area contributed by atoms with Crippen LogP contribution in [0.5, 0.6) is 0 Å². The van der Waals surface area contributed by atoms with Crippen molar-refractivity contribution in [3.8, 4) is 0 Å². The van der Waals surface area contributed by atoms with Crippen LogP contribution < -0.4 is 0 Å². The summed E-state index contributed by atoms with van der Waals surface area (Å²) in [6.07, 6.45) is 1.72. The van der Waals surface area contributed by atoms with Gasteiger partial charge in [0.2, 0.25) is 0 Å². The van der Waals surface area contributed by atoms with E-state index < -0.39 is 0 Å². The third-order valence-corrected chi connectivity index (χ3v) is 0.876. The van der Waals surface area contributed by atoms with Gasteiger partial charge in [-0.05, 0) is 13.1 Å². The summed E-state index contributed by atoms with van der Waals surface area (Å²) in [5, 5.41) is 0. The van der Waals surface area contributed by atoms with Crippen LogP contribution >= 0.6 is 0 Å². The molecule has 0 aromatic heterocycles. The first-order valence-corrected chi connectivity index (χ1v) is 2.19. The van der Waals surface area contributed by atoms with Gasteiger partial charge in [-0.15, -0.1) is 0 Å². The lowest BCUT2D eigenvalue weighted by Crippen LogP contribution is -2.04. The summed E-state index contributed by atoms with van der Waals surface area (Å²) in [5.41, 5.74) is 1.01. The molecule has 0 N–H and O–H groups in total. The number of rotatable bonds is 2. The van der Waals surface area contributed by atoms with Crippen molar-refractivity contribution in [1.82, 2.24) is 4.90 Å². The molecule has 0 fully saturated rings. The highest BCUT2D eigenvalue weighted by molar-refractivity contribution is 4.91. The zero-order valence-electron chi connectivity index (χ0n) is 4.94. The molecule has 0 aliphatic heterocycles. The topological polar surface area (TPSA) is 3.24 Å². The molecule has 0 heterocycles. The second kappa shape index (κ2) is 2.45. The van der Waals surface area contributed by atoms with Gasteiger partial charge >= 0.3 is 0 Å². The highest BCUT2D eigenvalue weighted by atomic mass is 15.1. The van der Waals surface area contributed by atoms with Gasteiger partial charge in [-0.2, -0.15) is 0 Å². The van der Waals surface area contributed by atoms with Crippen molar-refractivity contribution in [3.05, 3.63) is 25.1 Å². The third-order valence-electron chi connectivity index (χ3n) is 0.876. The monoisotopic (exact) mass is 97.1 g/mol. The minimum Gasteiger partial charge on any atom is -0.356 e. The van der Waals surface area contributed by atoms with Crippen LogP contribution in [0.3, 0.4) is 0 Å².